The largest absolute Gasteiger partial charge is 0.417 e. The Kier molecular flexibility index (Phi) is 11.2. The van der Waals surface area contributed by atoms with Gasteiger partial charge in [-0.25, -0.2) is 8.42 Å². The van der Waals surface area contributed by atoms with Crippen LogP contribution in [0.4, 0.5) is 18.9 Å². The minimum atomic E-state index is -4.85. The molecule has 4 rings (SSSR count). The highest BCUT2D eigenvalue weighted by Crippen LogP contribution is 2.37. The first-order valence-corrected chi connectivity index (χ1v) is 17.0. The minimum absolute atomic E-state index is 0.0207. The van der Waals surface area contributed by atoms with Gasteiger partial charge in [0.2, 0.25) is 21.8 Å². The molecule has 0 saturated heterocycles. The van der Waals surface area contributed by atoms with Gasteiger partial charge in [0.25, 0.3) is 0 Å². The topological polar surface area (TPSA) is 86.8 Å². The number of benzene rings is 3. The van der Waals surface area contributed by atoms with E-state index in [4.69, 9.17) is 11.6 Å². The smallest absolute Gasteiger partial charge is 0.352 e. The van der Waals surface area contributed by atoms with E-state index in [-0.39, 0.29) is 30.6 Å². The van der Waals surface area contributed by atoms with Crippen molar-refractivity contribution < 1.29 is 31.2 Å². The highest BCUT2D eigenvalue weighted by atomic mass is 35.5. The Balaban J connectivity index is 1.76. The molecule has 1 aliphatic carbocycles. The second kappa shape index (κ2) is 14.7. The molecular weight excluding hydrogens is 627 g/mol. The summed E-state index contributed by atoms with van der Waals surface area (Å²) in [5.41, 5.74) is 0.787. The molecule has 242 valence electrons. The van der Waals surface area contributed by atoms with Crippen LogP contribution in [0.5, 0.6) is 0 Å². The van der Waals surface area contributed by atoms with Gasteiger partial charge in [0.05, 0.1) is 22.5 Å². The van der Waals surface area contributed by atoms with Gasteiger partial charge in [-0.3, -0.25) is 13.9 Å². The van der Waals surface area contributed by atoms with Gasteiger partial charge in [0.1, 0.15) is 12.6 Å². The maximum atomic E-state index is 14.3. The number of alkyl halides is 3. The van der Waals surface area contributed by atoms with Crippen molar-refractivity contribution in [2.75, 3.05) is 17.1 Å². The van der Waals surface area contributed by atoms with Crippen molar-refractivity contribution >= 4 is 39.1 Å². The van der Waals surface area contributed by atoms with Crippen LogP contribution in [0.3, 0.4) is 0 Å². The average Bonchev–Trinajstić information content (AvgIpc) is 2.98. The normalized spacial score (nSPS) is 14.9. The quantitative estimate of drug-likeness (QED) is 0.253. The van der Waals surface area contributed by atoms with E-state index in [0.29, 0.717) is 10.4 Å². The van der Waals surface area contributed by atoms with Gasteiger partial charge in [-0.15, -0.1) is 0 Å². The third kappa shape index (κ3) is 9.23. The highest BCUT2D eigenvalue weighted by Gasteiger charge is 2.37. The molecule has 1 aliphatic rings. The molecule has 3 aromatic carbocycles. The standard InChI is InChI=1S/C33H37ClF3N3O4S/c1-23-11-9-10-14-25(23)21-39(30(19-24-12-5-3-6-13-24)32(42)38-26-15-7-4-8-16-26)31(41)22-40(45(2,43)44)27-17-18-29(34)28(20-27)33(35,36)37/h3,5-6,9-14,17-18,20,26,30H,4,7-8,15-16,19,21-22H2,1-2H3,(H,38,42). The first-order chi connectivity index (χ1) is 21.2. The molecule has 0 bridgehead atoms. The Labute approximate surface area is 267 Å². The van der Waals surface area contributed by atoms with E-state index in [1.165, 1.54) is 4.90 Å². The van der Waals surface area contributed by atoms with Crippen molar-refractivity contribution in [3.63, 3.8) is 0 Å². The molecule has 12 heteroatoms. The molecule has 0 spiro atoms. The molecule has 0 heterocycles. The number of sulfonamides is 1. The van der Waals surface area contributed by atoms with Gasteiger partial charge in [-0.2, -0.15) is 13.2 Å². The SMILES string of the molecule is Cc1ccccc1CN(C(=O)CN(c1ccc(Cl)c(C(F)(F)F)c1)S(C)(=O)=O)C(Cc1ccccc1)C(=O)NC1CCCCC1. The van der Waals surface area contributed by atoms with E-state index < -0.39 is 45.3 Å². The lowest BCUT2D eigenvalue weighted by Crippen LogP contribution is -2.55. The third-order valence-electron chi connectivity index (χ3n) is 8.05. The van der Waals surface area contributed by atoms with Crippen molar-refractivity contribution in [1.29, 1.82) is 0 Å². The number of anilines is 1. The summed E-state index contributed by atoms with van der Waals surface area (Å²) in [7, 11) is -4.26. The predicted molar refractivity (Wildman–Crippen MR) is 169 cm³/mol. The number of hydrogen-bond acceptors (Lipinski definition) is 4. The van der Waals surface area contributed by atoms with Crippen LogP contribution in [0.25, 0.3) is 0 Å². The van der Waals surface area contributed by atoms with Crippen LogP contribution in [0, 0.1) is 6.92 Å². The Morgan fingerprint density at radius 1 is 0.978 bits per heavy atom. The number of rotatable bonds is 11. The van der Waals surface area contributed by atoms with Crippen molar-refractivity contribution in [2.24, 2.45) is 0 Å². The number of carbonyl (C=O) groups is 2. The average molecular weight is 664 g/mol. The van der Waals surface area contributed by atoms with E-state index in [2.05, 4.69) is 5.32 Å². The zero-order valence-electron chi connectivity index (χ0n) is 25.2. The summed E-state index contributed by atoms with van der Waals surface area (Å²) in [5, 5.41) is 2.51. The molecule has 0 radical (unpaired) electrons. The molecule has 1 atom stereocenters. The monoisotopic (exact) mass is 663 g/mol. The number of amides is 2. The first-order valence-electron chi connectivity index (χ1n) is 14.8. The second-order valence-corrected chi connectivity index (χ2v) is 13.7. The summed E-state index contributed by atoms with van der Waals surface area (Å²) < 4.78 is 67.6. The van der Waals surface area contributed by atoms with Crippen LogP contribution >= 0.6 is 11.6 Å². The number of halogens is 4. The maximum Gasteiger partial charge on any atom is 0.417 e. The lowest BCUT2D eigenvalue weighted by molar-refractivity contribution is -0.140. The van der Waals surface area contributed by atoms with Gasteiger partial charge in [0, 0.05) is 19.0 Å². The lowest BCUT2D eigenvalue weighted by atomic mass is 9.94. The molecule has 2 amide bonds. The second-order valence-electron chi connectivity index (χ2n) is 11.4. The fourth-order valence-corrected chi connectivity index (χ4v) is 6.63. The summed E-state index contributed by atoms with van der Waals surface area (Å²) in [6.45, 7) is 1.01. The van der Waals surface area contributed by atoms with E-state index in [0.717, 1.165) is 67.2 Å². The Bertz CT molecular complexity index is 1600. The van der Waals surface area contributed by atoms with Crippen LogP contribution < -0.4 is 9.62 Å². The molecular formula is C33H37ClF3N3O4S. The molecule has 1 saturated carbocycles. The molecule has 1 fully saturated rings. The van der Waals surface area contributed by atoms with Gasteiger partial charge in [0.15, 0.2) is 0 Å². The molecule has 0 aliphatic heterocycles. The number of aryl methyl sites for hydroxylation is 1. The van der Waals surface area contributed by atoms with Crippen LogP contribution in [-0.2, 0) is 38.8 Å². The van der Waals surface area contributed by atoms with Crippen LogP contribution in [0.2, 0.25) is 5.02 Å². The first kappa shape index (κ1) is 34.3. The molecule has 0 aromatic heterocycles. The van der Waals surface area contributed by atoms with Crippen molar-refractivity contribution in [3.8, 4) is 0 Å². The molecule has 1 unspecified atom stereocenters. The number of carbonyl (C=O) groups excluding carboxylic acids is 2. The Morgan fingerprint density at radius 2 is 1.62 bits per heavy atom. The summed E-state index contributed by atoms with van der Waals surface area (Å²) in [5.74, 6) is -1.11. The Morgan fingerprint density at radius 3 is 2.24 bits per heavy atom. The summed E-state index contributed by atoms with van der Waals surface area (Å²) in [6, 6.07) is 18.1. The zero-order valence-corrected chi connectivity index (χ0v) is 26.8. The summed E-state index contributed by atoms with van der Waals surface area (Å²) in [4.78, 5) is 29.6. The van der Waals surface area contributed by atoms with Gasteiger partial charge >= 0.3 is 6.18 Å². The number of hydrogen-bond donors (Lipinski definition) is 1. The van der Waals surface area contributed by atoms with Crippen LogP contribution in [0.1, 0.15) is 54.4 Å². The molecule has 3 aromatic rings. The molecule has 7 nitrogen and oxygen atoms in total. The minimum Gasteiger partial charge on any atom is -0.352 e. The van der Waals surface area contributed by atoms with E-state index in [1.807, 2.05) is 55.5 Å². The summed E-state index contributed by atoms with van der Waals surface area (Å²) >= 11 is 5.79. The van der Waals surface area contributed by atoms with E-state index in [9.17, 15) is 31.2 Å². The number of nitrogens with one attached hydrogen (secondary N) is 1. The Hall–Kier alpha value is -3.57. The van der Waals surface area contributed by atoms with Crippen LogP contribution in [-0.4, -0.2) is 50.0 Å². The lowest BCUT2D eigenvalue weighted by Gasteiger charge is -2.35. The summed E-state index contributed by atoms with van der Waals surface area (Å²) in [6.07, 6.45) is 0.773. The fourth-order valence-electron chi connectivity index (χ4n) is 5.57. The van der Waals surface area contributed by atoms with E-state index in [1.54, 1.807) is 6.07 Å². The maximum absolute atomic E-state index is 14.3. The molecule has 45 heavy (non-hydrogen) atoms. The third-order valence-corrected chi connectivity index (χ3v) is 9.52. The fraction of sp³-hybridized carbons (Fsp3) is 0.394. The van der Waals surface area contributed by atoms with Crippen molar-refractivity contribution in [1.82, 2.24) is 10.2 Å². The zero-order chi connectivity index (χ0) is 32.8. The van der Waals surface area contributed by atoms with Gasteiger partial charge in [-0.05, 0) is 54.7 Å². The van der Waals surface area contributed by atoms with Gasteiger partial charge in [-0.1, -0.05) is 85.5 Å². The van der Waals surface area contributed by atoms with Crippen LogP contribution in [0.15, 0.2) is 72.8 Å². The van der Waals surface area contributed by atoms with Gasteiger partial charge < -0.3 is 10.2 Å². The predicted octanol–water partition coefficient (Wildman–Crippen LogP) is 6.52. The van der Waals surface area contributed by atoms with E-state index >= 15 is 0 Å². The van der Waals surface area contributed by atoms with Crippen molar-refractivity contribution in [3.05, 3.63) is 100 Å². The molecule has 1 N–H and O–H groups in total. The van der Waals surface area contributed by atoms with Crippen molar-refractivity contribution in [2.45, 2.75) is 70.3 Å². The highest BCUT2D eigenvalue weighted by molar-refractivity contribution is 7.92. The number of nitrogens with zero attached hydrogens (tertiary/aromatic N) is 2.